The first-order chi connectivity index (χ1) is 4.70. The summed E-state index contributed by atoms with van der Waals surface area (Å²) in [4.78, 5) is 18.0. The molecule has 1 aromatic rings. The maximum absolute atomic E-state index is 10.6. The Kier molecular flexibility index (Phi) is 1.97. The Morgan fingerprint density at radius 2 is 2.00 bits per heavy atom. The molecule has 0 saturated carbocycles. The predicted molar refractivity (Wildman–Crippen MR) is 37.0 cm³/mol. The first-order valence-electron chi connectivity index (χ1n) is 2.68. The Hall–Kier alpha value is -0.960. The summed E-state index contributed by atoms with van der Waals surface area (Å²) in [5.41, 5.74) is 0. The van der Waals surface area contributed by atoms with Crippen molar-refractivity contribution in [3.05, 3.63) is 23.2 Å². The number of carbonyl (C=O) groups is 1. The minimum absolute atomic E-state index is 0.156. The number of Topliss-reactive ketones (excluding diaryl/α,β-unsaturated/α-hetero) is 1. The van der Waals surface area contributed by atoms with Crippen LogP contribution in [0.1, 0.15) is 17.5 Å². The zero-order valence-corrected chi connectivity index (χ0v) is 6.09. The van der Waals surface area contributed by atoms with E-state index in [0.29, 0.717) is 5.02 Å². The van der Waals surface area contributed by atoms with Crippen LogP contribution < -0.4 is 0 Å². The van der Waals surface area contributed by atoms with Crippen molar-refractivity contribution in [1.29, 1.82) is 0 Å². The van der Waals surface area contributed by atoms with Gasteiger partial charge in [-0.3, -0.25) is 4.79 Å². The largest absolute Gasteiger partial charge is 0.291 e. The zero-order valence-electron chi connectivity index (χ0n) is 5.34. The van der Waals surface area contributed by atoms with E-state index in [1.54, 1.807) is 0 Å². The molecule has 0 unspecified atom stereocenters. The summed E-state index contributed by atoms with van der Waals surface area (Å²) in [6.45, 7) is 1.41. The summed E-state index contributed by atoms with van der Waals surface area (Å²) in [5, 5.41) is 0.435. The van der Waals surface area contributed by atoms with Gasteiger partial charge in [-0.1, -0.05) is 11.6 Å². The van der Waals surface area contributed by atoms with E-state index in [1.165, 1.54) is 19.3 Å². The van der Waals surface area contributed by atoms with Gasteiger partial charge >= 0.3 is 0 Å². The molecule has 0 radical (unpaired) electrons. The van der Waals surface area contributed by atoms with Crippen molar-refractivity contribution < 1.29 is 4.79 Å². The first kappa shape index (κ1) is 7.15. The Bertz CT molecular complexity index is 244. The highest BCUT2D eigenvalue weighted by Gasteiger charge is 1.99. The molecule has 0 saturated heterocycles. The highest BCUT2D eigenvalue weighted by atomic mass is 35.5. The van der Waals surface area contributed by atoms with Crippen LogP contribution in [0.5, 0.6) is 0 Å². The van der Waals surface area contributed by atoms with Crippen LogP contribution in [0.15, 0.2) is 12.4 Å². The fraction of sp³-hybridized carbons (Fsp3) is 0.167. The van der Waals surface area contributed by atoms with Gasteiger partial charge in [0.2, 0.25) is 0 Å². The van der Waals surface area contributed by atoms with E-state index in [9.17, 15) is 4.79 Å². The molecular formula is C6H5ClN2O. The molecule has 0 N–H and O–H groups in total. The molecule has 0 amide bonds. The molecule has 52 valence electrons. The standard InChI is InChI=1S/C6H5ClN2O/c1-4(10)6-8-2-5(7)3-9-6/h2-3H,1H3. The van der Waals surface area contributed by atoms with Crippen LogP contribution in [-0.2, 0) is 0 Å². The average Bonchev–Trinajstić information content (AvgIpc) is 1.88. The Balaban J connectivity index is 3.00. The molecule has 1 aromatic heterocycles. The molecule has 10 heavy (non-hydrogen) atoms. The van der Waals surface area contributed by atoms with E-state index in [-0.39, 0.29) is 11.6 Å². The molecule has 4 heteroatoms. The monoisotopic (exact) mass is 156 g/mol. The van der Waals surface area contributed by atoms with Crippen molar-refractivity contribution in [2.75, 3.05) is 0 Å². The van der Waals surface area contributed by atoms with Gasteiger partial charge in [0, 0.05) is 19.3 Å². The summed E-state index contributed by atoms with van der Waals surface area (Å²) in [5.74, 6) is 0.0427. The van der Waals surface area contributed by atoms with Crippen molar-refractivity contribution >= 4 is 17.4 Å². The number of hydrogen-bond acceptors (Lipinski definition) is 3. The van der Waals surface area contributed by atoms with E-state index in [2.05, 4.69) is 9.97 Å². The maximum atomic E-state index is 10.6. The summed E-state index contributed by atoms with van der Waals surface area (Å²) < 4.78 is 0. The van der Waals surface area contributed by atoms with Crippen LogP contribution >= 0.6 is 11.6 Å². The van der Waals surface area contributed by atoms with Gasteiger partial charge in [0.05, 0.1) is 5.02 Å². The van der Waals surface area contributed by atoms with Crippen LogP contribution in [0.4, 0.5) is 0 Å². The number of aromatic nitrogens is 2. The molecule has 0 aromatic carbocycles. The summed E-state index contributed by atoms with van der Waals surface area (Å²) >= 11 is 5.48. The smallest absolute Gasteiger partial charge is 0.196 e. The lowest BCUT2D eigenvalue weighted by Gasteiger charge is -1.90. The molecule has 0 aliphatic carbocycles. The Labute approximate surface area is 63.1 Å². The van der Waals surface area contributed by atoms with Crippen LogP contribution in [-0.4, -0.2) is 15.8 Å². The normalized spacial score (nSPS) is 9.40. The second-order valence-electron chi connectivity index (χ2n) is 1.78. The van der Waals surface area contributed by atoms with Gasteiger partial charge in [-0.05, 0) is 0 Å². The molecule has 0 aliphatic heterocycles. The molecule has 0 aliphatic rings. The third kappa shape index (κ3) is 1.51. The second-order valence-corrected chi connectivity index (χ2v) is 2.22. The number of carbonyl (C=O) groups excluding carboxylic acids is 1. The fourth-order valence-electron chi connectivity index (χ4n) is 0.494. The van der Waals surface area contributed by atoms with Gasteiger partial charge in [-0.15, -0.1) is 0 Å². The van der Waals surface area contributed by atoms with Crippen molar-refractivity contribution in [2.24, 2.45) is 0 Å². The fourth-order valence-corrected chi connectivity index (χ4v) is 0.592. The summed E-state index contributed by atoms with van der Waals surface area (Å²) in [6, 6.07) is 0. The van der Waals surface area contributed by atoms with Crippen molar-refractivity contribution in [3.63, 3.8) is 0 Å². The predicted octanol–water partition coefficient (Wildman–Crippen LogP) is 1.33. The second kappa shape index (κ2) is 2.75. The van der Waals surface area contributed by atoms with Gasteiger partial charge in [0.1, 0.15) is 0 Å². The first-order valence-corrected chi connectivity index (χ1v) is 3.06. The Morgan fingerprint density at radius 1 is 1.50 bits per heavy atom. The van der Waals surface area contributed by atoms with Crippen molar-refractivity contribution in [1.82, 2.24) is 9.97 Å². The Morgan fingerprint density at radius 3 is 2.40 bits per heavy atom. The number of rotatable bonds is 1. The summed E-state index contributed by atoms with van der Waals surface area (Å²) in [7, 11) is 0. The van der Waals surface area contributed by atoms with Crippen molar-refractivity contribution in [3.8, 4) is 0 Å². The van der Waals surface area contributed by atoms with Crippen molar-refractivity contribution in [2.45, 2.75) is 6.92 Å². The lowest BCUT2D eigenvalue weighted by atomic mass is 10.4. The minimum atomic E-state index is -0.156. The summed E-state index contributed by atoms with van der Waals surface area (Å²) in [6.07, 6.45) is 2.79. The van der Waals surface area contributed by atoms with Crippen LogP contribution in [0.3, 0.4) is 0 Å². The van der Waals surface area contributed by atoms with Crippen LogP contribution in [0.2, 0.25) is 5.02 Å². The van der Waals surface area contributed by atoms with E-state index < -0.39 is 0 Å². The quantitative estimate of drug-likeness (QED) is 0.577. The van der Waals surface area contributed by atoms with E-state index in [4.69, 9.17) is 11.6 Å². The highest BCUT2D eigenvalue weighted by molar-refractivity contribution is 6.30. The van der Waals surface area contributed by atoms with Gasteiger partial charge in [0.25, 0.3) is 0 Å². The topological polar surface area (TPSA) is 42.9 Å². The molecule has 1 heterocycles. The van der Waals surface area contributed by atoms with Crippen LogP contribution in [0, 0.1) is 0 Å². The van der Waals surface area contributed by atoms with Gasteiger partial charge in [-0.2, -0.15) is 0 Å². The number of halogens is 1. The molecule has 0 spiro atoms. The third-order valence-corrected chi connectivity index (χ3v) is 1.13. The zero-order chi connectivity index (χ0) is 7.56. The van der Waals surface area contributed by atoms with E-state index >= 15 is 0 Å². The SMILES string of the molecule is CC(=O)c1ncc(Cl)cn1. The lowest BCUT2D eigenvalue weighted by molar-refractivity contribution is 0.100. The van der Waals surface area contributed by atoms with E-state index in [1.807, 2.05) is 0 Å². The highest BCUT2D eigenvalue weighted by Crippen LogP contribution is 2.02. The molecule has 0 atom stereocenters. The number of hydrogen-bond donors (Lipinski definition) is 0. The molecule has 3 nitrogen and oxygen atoms in total. The number of ketones is 1. The molecular weight excluding hydrogens is 152 g/mol. The minimum Gasteiger partial charge on any atom is -0.291 e. The molecule has 0 bridgehead atoms. The molecule has 0 fully saturated rings. The maximum Gasteiger partial charge on any atom is 0.196 e. The van der Waals surface area contributed by atoms with E-state index in [0.717, 1.165) is 0 Å². The number of nitrogens with zero attached hydrogens (tertiary/aromatic N) is 2. The van der Waals surface area contributed by atoms with Gasteiger partial charge < -0.3 is 0 Å². The van der Waals surface area contributed by atoms with Crippen LogP contribution in [0.25, 0.3) is 0 Å². The molecule has 1 rings (SSSR count). The lowest BCUT2D eigenvalue weighted by Crippen LogP contribution is -1.98. The third-order valence-electron chi connectivity index (χ3n) is 0.935. The van der Waals surface area contributed by atoms with Gasteiger partial charge in [-0.25, -0.2) is 9.97 Å². The van der Waals surface area contributed by atoms with Gasteiger partial charge in [0.15, 0.2) is 11.6 Å². The average molecular weight is 157 g/mol.